The monoisotopic (exact) mass is 523 g/mol. The predicted molar refractivity (Wildman–Crippen MR) is 130 cm³/mol. The first-order valence-corrected chi connectivity index (χ1v) is 10.6. The molecule has 0 aromatic heterocycles. The third-order valence-electron chi connectivity index (χ3n) is 4.21. The first-order chi connectivity index (χ1) is 16.4. The van der Waals surface area contributed by atoms with Gasteiger partial charge in [-0.3, -0.25) is 14.9 Å². The molecule has 172 valence electrons. The van der Waals surface area contributed by atoms with Crippen molar-refractivity contribution < 1.29 is 24.0 Å². The summed E-state index contributed by atoms with van der Waals surface area (Å²) in [7, 11) is 0. The molecular weight excluding hydrogens is 506 g/mol. The number of rotatable bonds is 9. The number of nitro benzene ring substituents is 1. The highest BCUT2D eigenvalue weighted by molar-refractivity contribution is 9.10. The summed E-state index contributed by atoms with van der Waals surface area (Å²) in [5, 5.41) is 14.8. The van der Waals surface area contributed by atoms with E-state index in [1.54, 1.807) is 30.3 Å². The van der Waals surface area contributed by atoms with E-state index >= 15 is 0 Å². The standard InChI is InChI=1S/C24H18BrN3O6/c25-19-11-12-21(34-24(30)13-10-17-6-2-1-3-7-17)18(14-19)15-26-27-23(29)16-33-22-9-5-4-8-20(22)28(31)32/h1-15H,16H2,(H,27,29)/b13-10+,26-15+. The smallest absolute Gasteiger partial charge is 0.336 e. The van der Waals surface area contributed by atoms with Gasteiger partial charge in [0.15, 0.2) is 12.4 Å². The van der Waals surface area contributed by atoms with Crippen molar-refractivity contribution in [1.82, 2.24) is 5.43 Å². The zero-order chi connectivity index (χ0) is 24.3. The molecule has 0 radical (unpaired) electrons. The Balaban J connectivity index is 1.59. The SMILES string of the molecule is O=C(COc1ccccc1[N+](=O)[O-])N/N=C/c1cc(Br)ccc1OC(=O)/C=C/c1ccccc1. The normalized spacial score (nSPS) is 10.9. The number of hydrazone groups is 1. The second-order valence-electron chi connectivity index (χ2n) is 6.65. The molecule has 0 aliphatic rings. The fourth-order valence-corrected chi connectivity index (χ4v) is 3.04. The fraction of sp³-hybridized carbons (Fsp3) is 0.0417. The molecule has 0 aliphatic carbocycles. The Hall–Kier alpha value is -4.31. The van der Waals surface area contributed by atoms with Gasteiger partial charge < -0.3 is 9.47 Å². The van der Waals surface area contributed by atoms with Crippen LogP contribution < -0.4 is 14.9 Å². The van der Waals surface area contributed by atoms with Crippen LogP contribution in [0.4, 0.5) is 5.69 Å². The number of hydrogen-bond acceptors (Lipinski definition) is 7. The van der Waals surface area contributed by atoms with Gasteiger partial charge in [0.2, 0.25) is 0 Å². The zero-order valence-corrected chi connectivity index (χ0v) is 19.2. The van der Waals surface area contributed by atoms with Crippen molar-refractivity contribution in [1.29, 1.82) is 0 Å². The molecule has 0 aliphatic heterocycles. The van der Waals surface area contributed by atoms with Gasteiger partial charge in [-0.1, -0.05) is 58.4 Å². The number of para-hydroxylation sites is 2. The topological polar surface area (TPSA) is 120 Å². The van der Waals surface area contributed by atoms with Crippen molar-refractivity contribution in [3.63, 3.8) is 0 Å². The van der Waals surface area contributed by atoms with Crippen LogP contribution in [0.5, 0.6) is 11.5 Å². The summed E-state index contributed by atoms with van der Waals surface area (Å²) in [6.45, 7) is -0.479. The molecule has 0 saturated heterocycles. The summed E-state index contributed by atoms with van der Waals surface area (Å²) in [6, 6.07) is 19.9. The summed E-state index contributed by atoms with van der Waals surface area (Å²) in [5.41, 5.74) is 3.29. The minimum absolute atomic E-state index is 0.0311. The maximum absolute atomic E-state index is 12.2. The van der Waals surface area contributed by atoms with E-state index in [9.17, 15) is 19.7 Å². The van der Waals surface area contributed by atoms with Crippen LogP contribution in [0.3, 0.4) is 0 Å². The maximum atomic E-state index is 12.2. The molecule has 3 aromatic rings. The number of nitrogens with zero attached hydrogens (tertiary/aromatic N) is 2. The van der Waals surface area contributed by atoms with Crippen LogP contribution >= 0.6 is 15.9 Å². The Morgan fingerprint density at radius 2 is 1.76 bits per heavy atom. The molecule has 9 nitrogen and oxygen atoms in total. The highest BCUT2D eigenvalue weighted by Gasteiger charge is 2.14. The number of nitrogens with one attached hydrogen (secondary N) is 1. The largest absolute Gasteiger partial charge is 0.477 e. The minimum Gasteiger partial charge on any atom is -0.477 e. The van der Waals surface area contributed by atoms with Crippen LogP contribution in [-0.4, -0.2) is 29.6 Å². The Labute approximate surface area is 203 Å². The summed E-state index contributed by atoms with van der Waals surface area (Å²) in [5.74, 6) is -1.01. The maximum Gasteiger partial charge on any atom is 0.336 e. The Morgan fingerprint density at radius 3 is 2.53 bits per heavy atom. The van der Waals surface area contributed by atoms with Crippen molar-refractivity contribution in [2.45, 2.75) is 0 Å². The minimum atomic E-state index is -0.631. The molecule has 0 bridgehead atoms. The second-order valence-corrected chi connectivity index (χ2v) is 7.57. The van der Waals surface area contributed by atoms with E-state index in [4.69, 9.17) is 9.47 Å². The molecule has 3 rings (SSSR count). The van der Waals surface area contributed by atoms with E-state index in [-0.39, 0.29) is 17.2 Å². The van der Waals surface area contributed by atoms with E-state index in [1.807, 2.05) is 30.3 Å². The van der Waals surface area contributed by atoms with Gasteiger partial charge in [-0.2, -0.15) is 5.10 Å². The van der Waals surface area contributed by atoms with E-state index in [2.05, 4.69) is 26.5 Å². The summed E-state index contributed by atoms with van der Waals surface area (Å²) < 4.78 is 11.3. The van der Waals surface area contributed by atoms with Gasteiger partial charge in [-0.15, -0.1) is 0 Å². The third kappa shape index (κ3) is 7.38. The number of amides is 1. The quantitative estimate of drug-likeness (QED) is 0.110. The lowest BCUT2D eigenvalue weighted by molar-refractivity contribution is -0.385. The van der Waals surface area contributed by atoms with Crippen molar-refractivity contribution >= 4 is 45.8 Å². The highest BCUT2D eigenvalue weighted by atomic mass is 79.9. The van der Waals surface area contributed by atoms with Crippen molar-refractivity contribution in [3.8, 4) is 11.5 Å². The number of hydrogen-bond donors (Lipinski definition) is 1. The lowest BCUT2D eigenvalue weighted by Crippen LogP contribution is -2.24. The second kappa shape index (κ2) is 12.1. The van der Waals surface area contributed by atoms with Crippen LogP contribution in [-0.2, 0) is 9.59 Å². The molecule has 1 N–H and O–H groups in total. The van der Waals surface area contributed by atoms with E-state index < -0.39 is 23.4 Å². The molecule has 0 spiro atoms. The van der Waals surface area contributed by atoms with Gasteiger partial charge >= 0.3 is 11.7 Å². The van der Waals surface area contributed by atoms with Gasteiger partial charge in [0.25, 0.3) is 5.91 Å². The van der Waals surface area contributed by atoms with Crippen LogP contribution in [0.15, 0.2) is 88.4 Å². The lowest BCUT2D eigenvalue weighted by Gasteiger charge is -2.07. The van der Waals surface area contributed by atoms with Crippen LogP contribution in [0.1, 0.15) is 11.1 Å². The van der Waals surface area contributed by atoms with Gasteiger partial charge in [0.1, 0.15) is 5.75 Å². The molecule has 3 aromatic carbocycles. The van der Waals surface area contributed by atoms with Crippen molar-refractivity contribution in [2.75, 3.05) is 6.61 Å². The zero-order valence-electron chi connectivity index (χ0n) is 17.6. The van der Waals surface area contributed by atoms with Gasteiger partial charge in [0, 0.05) is 22.2 Å². The number of benzene rings is 3. The van der Waals surface area contributed by atoms with Gasteiger partial charge in [-0.25, -0.2) is 10.2 Å². The third-order valence-corrected chi connectivity index (χ3v) is 4.70. The van der Waals surface area contributed by atoms with E-state index in [0.717, 1.165) is 5.56 Å². The van der Waals surface area contributed by atoms with E-state index in [1.165, 1.54) is 30.5 Å². The number of nitro groups is 1. The lowest BCUT2D eigenvalue weighted by atomic mass is 10.2. The molecule has 0 heterocycles. The molecule has 1 amide bonds. The average Bonchev–Trinajstić information content (AvgIpc) is 2.84. The number of ether oxygens (including phenoxy) is 2. The predicted octanol–water partition coefficient (Wildman–Crippen LogP) is 4.51. The fourth-order valence-electron chi connectivity index (χ4n) is 2.66. The molecule has 0 fully saturated rings. The average molecular weight is 524 g/mol. The molecule has 34 heavy (non-hydrogen) atoms. The molecule has 10 heteroatoms. The first-order valence-electron chi connectivity index (χ1n) is 9.85. The van der Waals surface area contributed by atoms with Crippen molar-refractivity contribution in [2.24, 2.45) is 5.10 Å². The molecule has 0 unspecified atom stereocenters. The summed E-state index contributed by atoms with van der Waals surface area (Å²) >= 11 is 3.34. The van der Waals surface area contributed by atoms with Crippen LogP contribution in [0.25, 0.3) is 6.08 Å². The highest BCUT2D eigenvalue weighted by Crippen LogP contribution is 2.25. The number of esters is 1. The molecule has 0 saturated carbocycles. The van der Waals surface area contributed by atoms with Crippen LogP contribution in [0.2, 0.25) is 0 Å². The number of carbonyl (C=O) groups is 2. The summed E-state index contributed by atoms with van der Waals surface area (Å²) in [4.78, 5) is 34.6. The number of halogens is 1. The van der Waals surface area contributed by atoms with Crippen LogP contribution in [0, 0.1) is 10.1 Å². The Bertz CT molecular complexity index is 1240. The first kappa shape index (κ1) is 24.3. The Morgan fingerprint density at radius 1 is 1.03 bits per heavy atom. The Kier molecular flexibility index (Phi) is 8.64. The van der Waals surface area contributed by atoms with Crippen molar-refractivity contribution in [3.05, 3.63) is 105 Å². The number of carbonyl (C=O) groups excluding carboxylic acids is 2. The molecular formula is C24H18BrN3O6. The molecule has 0 atom stereocenters. The van der Waals surface area contributed by atoms with Gasteiger partial charge in [0.05, 0.1) is 11.1 Å². The van der Waals surface area contributed by atoms with Gasteiger partial charge in [-0.05, 0) is 35.9 Å². The van der Waals surface area contributed by atoms with E-state index in [0.29, 0.717) is 10.0 Å². The summed E-state index contributed by atoms with van der Waals surface area (Å²) in [6.07, 6.45) is 4.24.